The minimum absolute atomic E-state index is 0.266. The quantitative estimate of drug-likeness (QED) is 0.722. The number of nitrogens with one attached hydrogen (secondary N) is 1. The molecular formula is C14H12N2O5. The molecule has 0 unspecified atom stereocenters. The summed E-state index contributed by atoms with van der Waals surface area (Å²) in [6, 6.07) is 8.67. The monoisotopic (exact) mass is 288 g/mol. The average Bonchev–Trinajstić information content (AvgIpc) is 2.42. The molecule has 0 spiro atoms. The van der Waals surface area contributed by atoms with Gasteiger partial charge in [-0.15, -0.1) is 0 Å². The Bertz CT molecular complexity index is 738. The molecule has 7 nitrogen and oxygen atoms in total. The third kappa shape index (κ3) is 2.81. The zero-order valence-electron chi connectivity index (χ0n) is 11.0. The van der Waals surface area contributed by atoms with Crippen LogP contribution in [-0.2, 0) is 9.59 Å². The Morgan fingerprint density at radius 2 is 1.71 bits per heavy atom. The Labute approximate surface area is 118 Å². The molecule has 0 radical (unpaired) electrons. The number of hydrogen-bond donors (Lipinski definition) is 3. The Balaban J connectivity index is 2.67. The lowest BCUT2D eigenvalue weighted by atomic mass is 10.1. The lowest BCUT2D eigenvalue weighted by Crippen LogP contribution is -2.27. The minimum Gasteiger partial charge on any atom is -0.480 e. The topological polar surface area (TPSA) is 120 Å². The van der Waals surface area contributed by atoms with Gasteiger partial charge in [0.05, 0.1) is 5.69 Å². The minimum atomic E-state index is -1.92. The van der Waals surface area contributed by atoms with E-state index in [1.807, 2.05) is 0 Å². The predicted molar refractivity (Wildman–Crippen MR) is 73.0 cm³/mol. The van der Waals surface area contributed by atoms with Crippen LogP contribution in [0.25, 0.3) is 11.3 Å². The highest BCUT2D eigenvalue weighted by atomic mass is 16.4. The molecule has 7 heteroatoms. The molecule has 0 bridgehead atoms. The summed E-state index contributed by atoms with van der Waals surface area (Å²) in [7, 11) is 0. The summed E-state index contributed by atoms with van der Waals surface area (Å²) in [4.78, 5) is 40.2. The number of rotatable bonds is 4. The molecule has 0 atom stereocenters. The molecule has 0 aliphatic rings. The second kappa shape index (κ2) is 5.58. The lowest BCUT2D eigenvalue weighted by molar-refractivity contribution is -0.150. The zero-order valence-corrected chi connectivity index (χ0v) is 11.0. The van der Waals surface area contributed by atoms with Gasteiger partial charge < -0.3 is 15.2 Å². The van der Waals surface area contributed by atoms with Crippen LogP contribution in [0.2, 0.25) is 0 Å². The standard InChI is InChI=1S/C14H12N2O5/c1-7-10(8-5-3-2-4-6-8)15-11(16-12(7)17)9(13(18)19)14(20)21/h2-6,9H,1H3,(H,18,19)(H,20,21)(H,15,16,17). The fraction of sp³-hybridized carbons (Fsp3) is 0.143. The molecule has 0 fully saturated rings. The highest BCUT2D eigenvalue weighted by Crippen LogP contribution is 2.20. The van der Waals surface area contributed by atoms with E-state index in [4.69, 9.17) is 10.2 Å². The van der Waals surface area contributed by atoms with Crippen molar-refractivity contribution in [3.8, 4) is 11.3 Å². The first-order valence-electron chi connectivity index (χ1n) is 6.03. The average molecular weight is 288 g/mol. The van der Waals surface area contributed by atoms with Gasteiger partial charge in [0.1, 0.15) is 5.82 Å². The molecule has 1 aromatic carbocycles. The van der Waals surface area contributed by atoms with Gasteiger partial charge in [-0.25, -0.2) is 4.98 Å². The van der Waals surface area contributed by atoms with E-state index in [1.165, 1.54) is 6.92 Å². The second-order valence-corrected chi connectivity index (χ2v) is 4.40. The van der Waals surface area contributed by atoms with Crippen LogP contribution in [0, 0.1) is 6.92 Å². The van der Waals surface area contributed by atoms with Crippen LogP contribution >= 0.6 is 0 Å². The Morgan fingerprint density at radius 3 is 2.24 bits per heavy atom. The van der Waals surface area contributed by atoms with E-state index in [-0.39, 0.29) is 5.69 Å². The van der Waals surface area contributed by atoms with Gasteiger partial charge in [0.2, 0.25) is 5.92 Å². The molecule has 0 aliphatic heterocycles. The van der Waals surface area contributed by atoms with Crippen LogP contribution < -0.4 is 5.56 Å². The highest BCUT2D eigenvalue weighted by Gasteiger charge is 2.31. The first kappa shape index (κ1) is 14.4. The van der Waals surface area contributed by atoms with Gasteiger partial charge in [0.25, 0.3) is 5.56 Å². The third-order valence-electron chi connectivity index (χ3n) is 2.98. The van der Waals surface area contributed by atoms with Crippen molar-refractivity contribution in [2.24, 2.45) is 0 Å². The molecule has 1 aromatic heterocycles. The lowest BCUT2D eigenvalue weighted by Gasteiger charge is -2.10. The van der Waals surface area contributed by atoms with Crippen LogP contribution in [0.1, 0.15) is 17.3 Å². The Kier molecular flexibility index (Phi) is 3.84. The Morgan fingerprint density at radius 1 is 1.14 bits per heavy atom. The van der Waals surface area contributed by atoms with Crippen LogP contribution in [0.4, 0.5) is 0 Å². The van der Waals surface area contributed by atoms with Gasteiger partial charge in [-0.05, 0) is 6.92 Å². The molecule has 0 saturated heterocycles. The Hall–Kier alpha value is -2.96. The normalized spacial score (nSPS) is 10.6. The number of aromatic amines is 1. The van der Waals surface area contributed by atoms with E-state index in [0.717, 1.165) is 0 Å². The maximum absolute atomic E-state index is 11.9. The maximum atomic E-state index is 11.9. The van der Waals surface area contributed by atoms with Crippen LogP contribution in [0.3, 0.4) is 0 Å². The largest absolute Gasteiger partial charge is 0.480 e. The van der Waals surface area contributed by atoms with Crippen molar-refractivity contribution in [2.45, 2.75) is 12.8 Å². The second-order valence-electron chi connectivity index (χ2n) is 4.40. The summed E-state index contributed by atoms with van der Waals surface area (Å²) >= 11 is 0. The van der Waals surface area contributed by atoms with Crippen molar-refractivity contribution in [2.75, 3.05) is 0 Å². The molecule has 3 N–H and O–H groups in total. The molecule has 2 rings (SSSR count). The zero-order chi connectivity index (χ0) is 15.6. The summed E-state index contributed by atoms with van der Waals surface area (Å²) in [6.07, 6.45) is 0. The van der Waals surface area contributed by atoms with E-state index >= 15 is 0 Å². The number of H-pyrrole nitrogens is 1. The third-order valence-corrected chi connectivity index (χ3v) is 2.98. The maximum Gasteiger partial charge on any atom is 0.325 e. The molecule has 0 amide bonds. The number of nitrogens with zero attached hydrogens (tertiary/aromatic N) is 1. The number of benzene rings is 1. The summed E-state index contributed by atoms with van der Waals surface area (Å²) in [5, 5.41) is 18.0. The fourth-order valence-corrected chi connectivity index (χ4v) is 1.90. The van der Waals surface area contributed by atoms with Crippen molar-refractivity contribution in [1.82, 2.24) is 9.97 Å². The first-order valence-corrected chi connectivity index (χ1v) is 6.03. The van der Waals surface area contributed by atoms with Crippen LogP contribution in [0.5, 0.6) is 0 Å². The fourth-order valence-electron chi connectivity index (χ4n) is 1.90. The molecule has 108 valence electrons. The van der Waals surface area contributed by atoms with Gasteiger partial charge in [0, 0.05) is 11.1 Å². The number of carboxylic acid groups (broad SMARTS) is 2. The van der Waals surface area contributed by atoms with Crippen molar-refractivity contribution < 1.29 is 19.8 Å². The molecule has 1 heterocycles. The number of carbonyl (C=O) groups is 2. The van der Waals surface area contributed by atoms with Crippen molar-refractivity contribution in [3.63, 3.8) is 0 Å². The van der Waals surface area contributed by atoms with E-state index in [9.17, 15) is 14.4 Å². The van der Waals surface area contributed by atoms with Gasteiger partial charge in [-0.2, -0.15) is 0 Å². The summed E-state index contributed by atoms with van der Waals surface area (Å²) in [5.41, 5.74) is 0.601. The number of aliphatic carboxylic acids is 2. The molecule has 0 aliphatic carbocycles. The summed E-state index contributed by atoms with van der Waals surface area (Å²) in [6.45, 7) is 1.54. The number of aromatic nitrogens is 2. The smallest absolute Gasteiger partial charge is 0.325 e. The number of hydrogen-bond acceptors (Lipinski definition) is 4. The SMILES string of the molecule is Cc1c(-c2ccccc2)nc(C(C(=O)O)C(=O)O)[nH]c1=O. The van der Waals surface area contributed by atoms with Crippen molar-refractivity contribution >= 4 is 11.9 Å². The van der Waals surface area contributed by atoms with Gasteiger partial charge in [-0.1, -0.05) is 30.3 Å². The summed E-state index contributed by atoms with van der Waals surface area (Å²) < 4.78 is 0. The van der Waals surface area contributed by atoms with E-state index in [2.05, 4.69) is 9.97 Å². The first-order chi connectivity index (χ1) is 9.91. The van der Waals surface area contributed by atoms with Gasteiger partial charge in [-0.3, -0.25) is 14.4 Å². The van der Waals surface area contributed by atoms with Gasteiger partial charge >= 0.3 is 11.9 Å². The van der Waals surface area contributed by atoms with Crippen molar-refractivity contribution in [3.05, 3.63) is 52.1 Å². The molecule has 21 heavy (non-hydrogen) atoms. The molecule has 0 saturated carbocycles. The van der Waals surface area contributed by atoms with Crippen LogP contribution in [0.15, 0.2) is 35.1 Å². The van der Waals surface area contributed by atoms with E-state index in [0.29, 0.717) is 11.1 Å². The van der Waals surface area contributed by atoms with Crippen LogP contribution in [-0.4, -0.2) is 32.1 Å². The molecular weight excluding hydrogens is 276 g/mol. The highest BCUT2D eigenvalue weighted by molar-refractivity contribution is 5.98. The summed E-state index contributed by atoms with van der Waals surface area (Å²) in [5.74, 6) is -5.49. The van der Waals surface area contributed by atoms with Gasteiger partial charge in [0.15, 0.2) is 0 Å². The predicted octanol–water partition coefficient (Wildman–Crippen LogP) is 0.998. The van der Waals surface area contributed by atoms with Crippen molar-refractivity contribution in [1.29, 1.82) is 0 Å². The molecule has 2 aromatic rings. The van der Waals surface area contributed by atoms with E-state index < -0.39 is 29.2 Å². The van der Waals surface area contributed by atoms with E-state index in [1.54, 1.807) is 30.3 Å². The number of carboxylic acids is 2.